The van der Waals surface area contributed by atoms with Crippen LogP contribution in [0, 0.1) is 5.92 Å². The molecule has 0 aromatic rings. The van der Waals surface area contributed by atoms with Gasteiger partial charge in [0.05, 0.1) is 11.3 Å². The SMILES string of the molecule is CCS[C@@H](C)C[C@H]1CC(=O)C(/C(CC)=N\OC/C=C\Cl)=C(O)C1. The number of aliphatic hydroxyl groups is 1. The van der Waals surface area contributed by atoms with Gasteiger partial charge in [-0.2, -0.15) is 11.8 Å². The van der Waals surface area contributed by atoms with E-state index < -0.39 is 0 Å². The minimum atomic E-state index is -0.0375. The third kappa shape index (κ3) is 6.60. The molecule has 0 spiro atoms. The number of thioether (sulfide) groups is 1. The third-order valence-electron chi connectivity index (χ3n) is 3.70. The van der Waals surface area contributed by atoms with E-state index >= 15 is 0 Å². The van der Waals surface area contributed by atoms with E-state index in [1.54, 1.807) is 6.08 Å². The molecule has 1 rings (SSSR count). The summed E-state index contributed by atoms with van der Waals surface area (Å²) in [6, 6.07) is 0. The lowest BCUT2D eigenvalue weighted by molar-refractivity contribution is -0.116. The number of carbonyl (C=O) groups is 1. The smallest absolute Gasteiger partial charge is 0.168 e. The van der Waals surface area contributed by atoms with E-state index in [9.17, 15) is 9.90 Å². The van der Waals surface area contributed by atoms with Crippen LogP contribution in [-0.4, -0.2) is 34.2 Å². The van der Waals surface area contributed by atoms with Crippen molar-refractivity contribution in [2.75, 3.05) is 12.4 Å². The van der Waals surface area contributed by atoms with Gasteiger partial charge in [-0.3, -0.25) is 4.79 Å². The summed E-state index contributed by atoms with van der Waals surface area (Å²) < 4.78 is 0. The molecule has 0 unspecified atom stereocenters. The number of oxime groups is 1. The van der Waals surface area contributed by atoms with Crippen LogP contribution in [-0.2, 0) is 9.63 Å². The second kappa shape index (κ2) is 10.8. The van der Waals surface area contributed by atoms with Crippen molar-refractivity contribution in [2.24, 2.45) is 11.1 Å². The summed E-state index contributed by atoms with van der Waals surface area (Å²) in [4.78, 5) is 17.6. The summed E-state index contributed by atoms with van der Waals surface area (Å²) in [5.74, 6) is 1.38. The number of allylic oxidation sites excluding steroid dienone is 2. The largest absolute Gasteiger partial charge is 0.511 e. The zero-order valence-corrected chi connectivity index (χ0v) is 15.6. The van der Waals surface area contributed by atoms with Gasteiger partial charge in [-0.15, -0.1) is 0 Å². The Morgan fingerprint density at radius 2 is 2.26 bits per heavy atom. The number of ketones is 1. The van der Waals surface area contributed by atoms with Gasteiger partial charge in [-0.05, 0) is 30.6 Å². The molecule has 0 saturated carbocycles. The molecule has 1 aliphatic rings. The van der Waals surface area contributed by atoms with Crippen molar-refractivity contribution in [3.8, 4) is 0 Å². The molecule has 2 atom stereocenters. The number of halogens is 1. The quantitative estimate of drug-likeness (QED) is 0.363. The number of carbonyl (C=O) groups excluding carboxylic acids is 1. The van der Waals surface area contributed by atoms with Gasteiger partial charge in [0.1, 0.15) is 12.4 Å². The monoisotopic (exact) mass is 359 g/mol. The Morgan fingerprint density at radius 3 is 2.83 bits per heavy atom. The van der Waals surface area contributed by atoms with Crippen LogP contribution in [0.4, 0.5) is 0 Å². The molecule has 4 nitrogen and oxygen atoms in total. The van der Waals surface area contributed by atoms with Gasteiger partial charge in [0, 0.05) is 23.6 Å². The molecule has 0 saturated heterocycles. The fraction of sp³-hybridized carbons (Fsp3) is 0.647. The average Bonchev–Trinajstić information content (AvgIpc) is 2.49. The van der Waals surface area contributed by atoms with E-state index in [1.807, 2.05) is 18.7 Å². The Kier molecular flexibility index (Phi) is 9.41. The van der Waals surface area contributed by atoms with E-state index in [0.29, 0.717) is 35.8 Å². The molecule has 0 radical (unpaired) electrons. The first-order valence-electron chi connectivity index (χ1n) is 8.04. The highest BCUT2D eigenvalue weighted by Gasteiger charge is 2.31. The fourth-order valence-electron chi connectivity index (χ4n) is 2.77. The highest BCUT2D eigenvalue weighted by atomic mass is 35.5. The lowest BCUT2D eigenvalue weighted by Crippen LogP contribution is -2.26. The molecular weight excluding hydrogens is 334 g/mol. The Balaban J connectivity index is 2.79. The Morgan fingerprint density at radius 1 is 1.52 bits per heavy atom. The molecule has 0 amide bonds. The van der Waals surface area contributed by atoms with Gasteiger partial charge in [-0.1, -0.05) is 37.5 Å². The van der Waals surface area contributed by atoms with Crippen LogP contribution < -0.4 is 0 Å². The van der Waals surface area contributed by atoms with Crippen LogP contribution in [0.3, 0.4) is 0 Å². The van der Waals surface area contributed by atoms with Crippen LogP contribution in [0.25, 0.3) is 0 Å². The highest BCUT2D eigenvalue weighted by Crippen LogP contribution is 2.32. The van der Waals surface area contributed by atoms with E-state index in [-0.39, 0.29) is 24.1 Å². The predicted octanol–water partition coefficient (Wildman–Crippen LogP) is 4.84. The van der Waals surface area contributed by atoms with Gasteiger partial charge in [0.25, 0.3) is 0 Å². The maximum Gasteiger partial charge on any atom is 0.168 e. The first-order chi connectivity index (χ1) is 11.0. The van der Waals surface area contributed by atoms with Gasteiger partial charge < -0.3 is 9.94 Å². The van der Waals surface area contributed by atoms with Crippen molar-refractivity contribution in [3.05, 3.63) is 22.9 Å². The molecule has 0 heterocycles. The van der Waals surface area contributed by atoms with E-state index in [0.717, 1.165) is 12.2 Å². The summed E-state index contributed by atoms with van der Waals surface area (Å²) in [5.41, 5.74) is 2.20. The first kappa shape index (κ1) is 20.1. The van der Waals surface area contributed by atoms with Crippen molar-refractivity contribution in [1.29, 1.82) is 0 Å². The molecule has 0 aromatic heterocycles. The molecule has 130 valence electrons. The Hall–Kier alpha value is -0.940. The second-order valence-corrected chi connectivity index (χ2v) is 7.54. The summed E-state index contributed by atoms with van der Waals surface area (Å²) in [7, 11) is 0. The van der Waals surface area contributed by atoms with Gasteiger partial charge in [-0.25, -0.2) is 0 Å². The van der Waals surface area contributed by atoms with Crippen molar-refractivity contribution in [3.63, 3.8) is 0 Å². The molecule has 0 fully saturated rings. The van der Waals surface area contributed by atoms with Crippen molar-refractivity contribution < 1.29 is 14.7 Å². The molecular formula is C17H26ClNO3S. The zero-order chi connectivity index (χ0) is 17.2. The Bertz CT molecular complexity index is 488. The fourth-order valence-corrected chi connectivity index (χ4v) is 3.82. The topological polar surface area (TPSA) is 58.9 Å². The molecule has 6 heteroatoms. The number of aliphatic hydroxyl groups excluding tert-OH is 1. The first-order valence-corrected chi connectivity index (χ1v) is 9.53. The second-order valence-electron chi connectivity index (χ2n) is 5.57. The molecule has 0 aromatic carbocycles. The van der Waals surface area contributed by atoms with Crippen molar-refractivity contribution >= 4 is 34.9 Å². The van der Waals surface area contributed by atoms with Crippen LogP contribution in [0.1, 0.15) is 46.5 Å². The molecule has 23 heavy (non-hydrogen) atoms. The summed E-state index contributed by atoms with van der Waals surface area (Å²) in [6.07, 6.45) is 4.09. The lowest BCUT2D eigenvalue weighted by atomic mass is 9.82. The highest BCUT2D eigenvalue weighted by molar-refractivity contribution is 7.99. The van der Waals surface area contributed by atoms with Crippen LogP contribution in [0.5, 0.6) is 0 Å². The summed E-state index contributed by atoms with van der Waals surface area (Å²) >= 11 is 7.30. The number of hydrogen-bond donors (Lipinski definition) is 1. The average molecular weight is 360 g/mol. The molecule has 0 bridgehead atoms. The summed E-state index contributed by atoms with van der Waals surface area (Å²) in [6.45, 7) is 6.43. The Labute approximate surface area is 148 Å². The minimum Gasteiger partial charge on any atom is -0.511 e. The van der Waals surface area contributed by atoms with Crippen LogP contribution >= 0.6 is 23.4 Å². The molecule has 1 N–H and O–H groups in total. The number of nitrogens with zero attached hydrogens (tertiary/aromatic N) is 1. The number of Topliss-reactive ketones (excluding diaryl/α,β-unsaturated/α-hetero) is 1. The van der Waals surface area contributed by atoms with E-state index in [1.165, 1.54) is 5.54 Å². The van der Waals surface area contributed by atoms with Crippen LogP contribution in [0.2, 0.25) is 0 Å². The van der Waals surface area contributed by atoms with Gasteiger partial charge in [0.15, 0.2) is 5.78 Å². The predicted molar refractivity (Wildman–Crippen MR) is 98.3 cm³/mol. The zero-order valence-electron chi connectivity index (χ0n) is 14.0. The van der Waals surface area contributed by atoms with Crippen molar-refractivity contribution in [2.45, 2.75) is 51.7 Å². The maximum absolute atomic E-state index is 12.4. The van der Waals surface area contributed by atoms with E-state index in [2.05, 4.69) is 19.0 Å². The molecule has 1 aliphatic carbocycles. The summed E-state index contributed by atoms with van der Waals surface area (Å²) in [5, 5.41) is 14.8. The van der Waals surface area contributed by atoms with Crippen LogP contribution in [0.15, 0.2) is 28.1 Å². The maximum atomic E-state index is 12.4. The van der Waals surface area contributed by atoms with Gasteiger partial charge >= 0.3 is 0 Å². The number of hydrogen-bond acceptors (Lipinski definition) is 5. The third-order valence-corrected chi connectivity index (χ3v) is 4.97. The standard InChI is InChI=1S/C17H26ClNO3S/c1-4-14(19-22-8-6-7-18)17-15(20)10-13(11-16(17)21)9-12(3)23-5-2/h6-7,12-13,20H,4-5,8-11H2,1-3H3/b7-6-,19-14-/t12-,13+/m0/s1. The number of rotatable bonds is 9. The molecule has 0 aliphatic heterocycles. The van der Waals surface area contributed by atoms with Gasteiger partial charge in [0.2, 0.25) is 0 Å². The van der Waals surface area contributed by atoms with E-state index in [4.69, 9.17) is 16.4 Å². The van der Waals surface area contributed by atoms with Crippen molar-refractivity contribution in [1.82, 2.24) is 0 Å². The normalized spacial score (nSPS) is 21.1. The minimum absolute atomic E-state index is 0.0375. The lowest BCUT2D eigenvalue weighted by Gasteiger charge is -2.25.